The van der Waals surface area contributed by atoms with E-state index >= 15 is 0 Å². The number of nitrogens with one attached hydrogen (secondary N) is 2. The van der Waals surface area contributed by atoms with Crippen LogP contribution in [-0.2, 0) is 16.9 Å². The second-order valence-electron chi connectivity index (χ2n) is 9.80. The number of nitrogens with zero attached hydrogens (tertiary/aromatic N) is 3. The van der Waals surface area contributed by atoms with Crippen molar-refractivity contribution >= 4 is 17.8 Å². The highest BCUT2D eigenvalue weighted by Crippen LogP contribution is 2.38. The zero-order valence-electron chi connectivity index (χ0n) is 22.0. The number of hydrogen-bond acceptors (Lipinski definition) is 4. The van der Waals surface area contributed by atoms with Gasteiger partial charge in [-0.1, -0.05) is 54.6 Å². The van der Waals surface area contributed by atoms with Gasteiger partial charge < -0.3 is 10.2 Å². The van der Waals surface area contributed by atoms with Gasteiger partial charge in [0.2, 0.25) is 0 Å². The van der Waals surface area contributed by atoms with Gasteiger partial charge in [-0.15, -0.1) is 0 Å². The maximum Gasteiger partial charge on any atom is 0.264 e. The highest BCUT2D eigenvalue weighted by molar-refractivity contribution is 6.10. The summed E-state index contributed by atoms with van der Waals surface area (Å²) in [5.74, 6) is -1.13. The van der Waals surface area contributed by atoms with Crippen LogP contribution in [0.2, 0.25) is 0 Å². The minimum absolute atomic E-state index is 0.0616. The Morgan fingerprint density at radius 3 is 2.33 bits per heavy atom. The number of benzene rings is 4. The molecule has 1 fully saturated rings. The van der Waals surface area contributed by atoms with E-state index in [0.717, 1.165) is 11.1 Å². The molecule has 40 heavy (non-hydrogen) atoms. The molecule has 198 valence electrons. The third-order valence-corrected chi connectivity index (χ3v) is 6.96. The van der Waals surface area contributed by atoms with Crippen LogP contribution >= 0.6 is 0 Å². The monoisotopic (exact) mass is 531 g/mol. The van der Waals surface area contributed by atoms with E-state index < -0.39 is 17.3 Å². The SMILES string of the molecule is CN(C)C(=O)c1cccc(CN2C(=N)NC(c3ccc(F)cc3)(c3cccc(-c4cccc(C#N)c4)c3)C2=O)c1. The maximum absolute atomic E-state index is 14.3. The Hall–Kier alpha value is -5.29. The Morgan fingerprint density at radius 1 is 0.950 bits per heavy atom. The molecule has 2 N–H and O–H groups in total. The van der Waals surface area contributed by atoms with E-state index in [1.54, 1.807) is 62.6 Å². The van der Waals surface area contributed by atoms with E-state index in [9.17, 15) is 19.2 Å². The molecular weight excluding hydrogens is 505 g/mol. The lowest BCUT2D eigenvalue weighted by molar-refractivity contribution is -0.130. The molecular formula is C32H26FN5O2. The molecule has 1 heterocycles. The zero-order valence-corrected chi connectivity index (χ0v) is 22.0. The van der Waals surface area contributed by atoms with Crippen LogP contribution in [0.3, 0.4) is 0 Å². The van der Waals surface area contributed by atoms with Gasteiger partial charge in [-0.2, -0.15) is 5.26 Å². The number of halogens is 1. The number of carbonyl (C=O) groups excluding carboxylic acids is 2. The molecule has 4 aromatic carbocycles. The van der Waals surface area contributed by atoms with Crippen LogP contribution in [0.25, 0.3) is 11.1 Å². The molecule has 0 aromatic heterocycles. The summed E-state index contributed by atoms with van der Waals surface area (Å²) >= 11 is 0. The number of carbonyl (C=O) groups is 2. The van der Waals surface area contributed by atoms with Gasteiger partial charge in [-0.25, -0.2) is 4.39 Å². The van der Waals surface area contributed by atoms with Crippen molar-refractivity contribution < 1.29 is 14.0 Å². The first-order valence-corrected chi connectivity index (χ1v) is 12.6. The molecule has 0 radical (unpaired) electrons. The van der Waals surface area contributed by atoms with Crippen molar-refractivity contribution in [3.05, 3.63) is 131 Å². The van der Waals surface area contributed by atoms with E-state index in [1.807, 2.05) is 24.3 Å². The summed E-state index contributed by atoms with van der Waals surface area (Å²) in [5.41, 5.74) is 2.80. The zero-order chi connectivity index (χ0) is 28.4. The quantitative estimate of drug-likeness (QED) is 0.371. The van der Waals surface area contributed by atoms with Crippen molar-refractivity contribution in [2.75, 3.05) is 14.1 Å². The van der Waals surface area contributed by atoms with Crippen molar-refractivity contribution in [3.63, 3.8) is 0 Å². The van der Waals surface area contributed by atoms with Crippen molar-refractivity contribution in [1.29, 1.82) is 10.7 Å². The highest BCUT2D eigenvalue weighted by Gasteiger charge is 2.52. The fourth-order valence-electron chi connectivity index (χ4n) is 4.96. The first kappa shape index (κ1) is 26.3. The maximum atomic E-state index is 14.3. The fraction of sp³-hybridized carbons (Fsp3) is 0.125. The van der Waals surface area contributed by atoms with Gasteiger partial charge in [-0.3, -0.25) is 19.9 Å². The largest absolute Gasteiger partial charge is 0.345 e. The molecule has 1 aliphatic heterocycles. The molecule has 1 aliphatic rings. The van der Waals surface area contributed by atoms with Crippen LogP contribution in [0.15, 0.2) is 97.1 Å². The van der Waals surface area contributed by atoms with Crippen LogP contribution in [0.4, 0.5) is 4.39 Å². The highest BCUT2D eigenvalue weighted by atomic mass is 19.1. The second kappa shape index (κ2) is 10.5. The minimum Gasteiger partial charge on any atom is -0.345 e. The Balaban J connectivity index is 1.59. The van der Waals surface area contributed by atoms with Crippen LogP contribution in [0, 0.1) is 22.6 Å². The average molecular weight is 532 g/mol. The molecule has 7 nitrogen and oxygen atoms in total. The molecule has 4 aromatic rings. The van der Waals surface area contributed by atoms with Gasteiger partial charge in [0.25, 0.3) is 11.8 Å². The van der Waals surface area contributed by atoms with Crippen molar-refractivity contribution in [2.24, 2.45) is 0 Å². The molecule has 2 amide bonds. The van der Waals surface area contributed by atoms with Gasteiger partial charge in [-0.05, 0) is 70.3 Å². The van der Waals surface area contributed by atoms with E-state index in [0.29, 0.717) is 27.8 Å². The standard InChI is InChI=1S/C32H26FN5O2/c1-37(2)29(39)25-10-4-7-22(17-25)20-38-30(40)32(36-31(38)35,26-12-14-28(33)15-13-26)27-11-5-9-24(18-27)23-8-3-6-21(16-23)19-34/h3-18H,20H2,1-2H3,(H2,35,36). The van der Waals surface area contributed by atoms with Crippen molar-refractivity contribution in [2.45, 2.75) is 12.1 Å². The smallest absolute Gasteiger partial charge is 0.264 e. The summed E-state index contributed by atoms with van der Waals surface area (Å²) in [6.07, 6.45) is 0. The first-order chi connectivity index (χ1) is 19.2. The Bertz CT molecular complexity index is 1680. The lowest BCUT2D eigenvalue weighted by atomic mass is 9.81. The van der Waals surface area contributed by atoms with E-state index in [2.05, 4.69) is 11.4 Å². The Labute approximate surface area is 231 Å². The van der Waals surface area contributed by atoms with E-state index in [1.165, 1.54) is 34.1 Å². The summed E-state index contributed by atoms with van der Waals surface area (Å²) < 4.78 is 13.9. The lowest BCUT2D eigenvalue weighted by Gasteiger charge is -2.29. The van der Waals surface area contributed by atoms with Crippen LogP contribution in [0.5, 0.6) is 0 Å². The normalized spacial score (nSPS) is 16.4. The average Bonchev–Trinajstić information content (AvgIpc) is 3.23. The number of guanidine groups is 1. The second-order valence-corrected chi connectivity index (χ2v) is 9.80. The predicted octanol–water partition coefficient (Wildman–Crippen LogP) is 4.88. The Kier molecular flexibility index (Phi) is 6.89. The lowest BCUT2D eigenvalue weighted by Crippen LogP contribution is -2.45. The Morgan fingerprint density at radius 2 is 1.62 bits per heavy atom. The van der Waals surface area contributed by atoms with Crippen LogP contribution in [0.1, 0.15) is 32.6 Å². The van der Waals surface area contributed by atoms with Crippen LogP contribution in [-0.4, -0.2) is 41.7 Å². The first-order valence-electron chi connectivity index (χ1n) is 12.6. The number of nitriles is 1. The summed E-state index contributed by atoms with van der Waals surface area (Å²) in [6.45, 7) is 0.0616. The van der Waals surface area contributed by atoms with Crippen molar-refractivity contribution in [3.8, 4) is 17.2 Å². The predicted molar refractivity (Wildman–Crippen MR) is 150 cm³/mol. The molecule has 0 aliphatic carbocycles. The molecule has 1 atom stereocenters. The molecule has 0 bridgehead atoms. The topological polar surface area (TPSA) is 100 Å². The number of amides is 2. The summed E-state index contributed by atoms with van der Waals surface area (Å²) in [6, 6.07) is 29.2. The van der Waals surface area contributed by atoms with Crippen molar-refractivity contribution in [1.82, 2.24) is 15.1 Å². The minimum atomic E-state index is -1.50. The van der Waals surface area contributed by atoms with E-state index in [4.69, 9.17) is 5.41 Å². The van der Waals surface area contributed by atoms with E-state index in [-0.39, 0.29) is 18.4 Å². The molecule has 0 spiro atoms. The molecule has 1 saturated heterocycles. The van der Waals surface area contributed by atoms with Gasteiger partial charge in [0.1, 0.15) is 5.82 Å². The third kappa shape index (κ3) is 4.69. The summed E-state index contributed by atoms with van der Waals surface area (Å²) in [4.78, 5) is 29.6. The summed E-state index contributed by atoms with van der Waals surface area (Å²) in [5, 5.41) is 21.2. The molecule has 8 heteroatoms. The third-order valence-electron chi connectivity index (χ3n) is 6.96. The van der Waals surface area contributed by atoms with Gasteiger partial charge in [0.15, 0.2) is 11.5 Å². The van der Waals surface area contributed by atoms with Crippen LogP contribution < -0.4 is 5.32 Å². The fourth-order valence-corrected chi connectivity index (χ4v) is 4.96. The molecule has 5 rings (SSSR count). The number of rotatable bonds is 6. The van der Waals surface area contributed by atoms with Gasteiger partial charge in [0, 0.05) is 19.7 Å². The van der Waals surface area contributed by atoms with Gasteiger partial charge in [0.05, 0.1) is 18.2 Å². The molecule has 1 unspecified atom stereocenters. The molecule has 0 saturated carbocycles. The summed E-state index contributed by atoms with van der Waals surface area (Å²) in [7, 11) is 3.33. The van der Waals surface area contributed by atoms with Gasteiger partial charge >= 0.3 is 0 Å². The number of hydrogen-bond donors (Lipinski definition) is 2.